The molecule has 2 aromatic heterocycles. The lowest BCUT2D eigenvalue weighted by atomic mass is 10.2. The zero-order valence-electron chi connectivity index (χ0n) is 9.09. The summed E-state index contributed by atoms with van der Waals surface area (Å²) in [6, 6.07) is 3.72. The molecule has 0 aliphatic heterocycles. The second-order valence-electron chi connectivity index (χ2n) is 4.16. The summed E-state index contributed by atoms with van der Waals surface area (Å²) in [7, 11) is 1.91. The maximum Gasteiger partial charge on any atom is 0.158 e. The van der Waals surface area contributed by atoms with Crippen LogP contribution >= 0.6 is 0 Å². The largest absolute Gasteiger partial charge is 0.384 e. The number of nitrogens with zero attached hydrogens (tertiary/aromatic N) is 4. The van der Waals surface area contributed by atoms with Crippen LogP contribution in [0.2, 0.25) is 0 Å². The molecule has 1 aliphatic carbocycles. The van der Waals surface area contributed by atoms with Crippen molar-refractivity contribution in [2.45, 2.75) is 18.8 Å². The number of nitrogen functional groups attached to an aromatic ring is 1. The molecule has 1 fully saturated rings. The zero-order chi connectivity index (χ0) is 11.1. The molecule has 5 heteroatoms. The predicted molar refractivity (Wildman–Crippen MR) is 60.6 cm³/mol. The molecule has 16 heavy (non-hydrogen) atoms. The van der Waals surface area contributed by atoms with Crippen molar-refractivity contribution in [3.8, 4) is 11.4 Å². The highest BCUT2D eigenvalue weighted by molar-refractivity contribution is 5.58. The fraction of sp³-hybridized carbons (Fsp3) is 0.364. The third-order valence-corrected chi connectivity index (χ3v) is 2.76. The molecule has 2 N–H and O–H groups in total. The summed E-state index contributed by atoms with van der Waals surface area (Å²) in [6.07, 6.45) is 4.11. The Kier molecular flexibility index (Phi) is 1.92. The number of pyridine rings is 1. The van der Waals surface area contributed by atoms with Gasteiger partial charge in [0.05, 0.1) is 0 Å². The minimum atomic E-state index is 0.508. The first-order valence-corrected chi connectivity index (χ1v) is 5.37. The van der Waals surface area contributed by atoms with Crippen LogP contribution in [0.3, 0.4) is 0 Å². The summed E-state index contributed by atoms with van der Waals surface area (Å²) in [6.45, 7) is 0. The van der Waals surface area contributed by atoms with Gasteiger partial charge in [0.25, 0.3) is 0 Å². The minimum Gasteiger partial charge on any atom is -0.384 e. The van der Waals surface area contributed by atoms with E-state index >= 15 is 0 Å². The van der Waals surface area contributed by atoms with E-state index in [4.69, 9.17) is 5.73 Å². The van der Waals surface area contributed by atoms with Gasteiger partial charge in [-0.25, -0.2) is 14.6 Å². The van der Waals surface area contributed by atoms with Gasteiger partial charge in [0, 0.05) is 24.7 Å². The summed E-state index contributed by atoms with van der Waals surface area (Å²) in [5.74, 6) is 2.89. The molecule has 1 saturated carbocycles. The lowest BCUT2D eigenvalue weighted by molar-refractivity contribution is 0.750. The van der Waals surface area contributed by atoms with E-state index in [-0.39, 0.29) is 0 Å². The van der Waals surface area contributed by atoms with E-state index in [0.717, 1.165) is 17.2 Å². The van der Waals surface area contributed by atoms with Gasteiger partial charge < -0.3 is 5.73 Å². The minimum absolute atomic E-state index is 0.508. The molecule has 3 rings (SSSR count). The normalized spacial score (nSPS) is 15.3. The van der Waals surface area contributed by atoms with Crippen LogP contribution in [-0.4, -0.2) is 19.7 Å². The third kappa shape index (κ3) is 1.54. The van der Waals surface area contributed by atoms with Crippen molar-refractivity contribution in [1.29, 1.82) is 0 Å². The molecular formula is C11H13N5. The fourth-order valence-electron chi connectivity index (χ4n) is 1.76. The average molecular weight is 215 g/mol. The molecule has 82 valence electrons. The Labute approximate surface area is 93.3 Å². The van der Waals surface area contributed by atoms with Crippen molar-refractivity contribution in [1.82, 2.24) is 19.7 Å². The molecule has 0 saturated heterocycles. The SMILES string of the molecule is Cn1nc(C2CC2)nc1-c1ccnc(N)c1. The number of aryl methyl sites for hydroxylation is 1. The van der Waals surface area contributed by atoms with Crippen LogP contribution in [0.15, 0.2) is 18.3 Å². The van der Waals surface area contributed by atoms with Crippen LogP contribution in [0, 0.1) is 0 Å². The molecule has 0 unspecified atom stereocenters. The Morgan fingerprint density at radius 1 is 1.44 bits per heavy atom. The predicted octanol–water partition coefficient (Wildman–Crippen LogP) is 1.34. The number of nitrogens with two attached hydrogens (primary N) is 1. The lowest BCUT2D eigenvalue weighted by Gasteiger charge is -1.99. The molecule has 1 aliphatic rings. The summed E-state index contributed by atoms with van der Waals surface area (Å²) in [5, 5.41) is 4.42. The quantitative estimate of drug-likeness (QED) is 0.820. The van der Waals surface area contributed by atoms with Crippen LogP contribution in [0.4, 0.5) is 5.82 Å². The molecule has 0 bridgehead atoms. The molecule has 2 heterocycles. The van der Waals surface area contributed by atoms with Gasteiger partial charge in [-0.05, 0) is 25.0 Å². The van der Waals surface area contributed by atoms with E-state index < -0.39 is 0 Å². The van der Waals surface area contributed by atoms with Crippen molar-refractivity contribution in [2.75, 3.05) is 5.73 Å². The topological polar surface area (TPSA) is 69.6 Å². The molecule has 0 amide bonds. The van der Waals surface area contributed by atoms with Crippen LogP contribution in [-0.2, 0) is 7.05 Å². The summed E-state index contributed by atoms with van der Waals surface area (Å²) in [4.78, 5) is 8.52. The molecule has 0 radical (unpaired) electrons. The van der Waals surface area contributed by atoms with Gasteiger partial charge in [-0.1, -0.05) is 0 Å². The number of hydrogen-bond donors (Lipinski definition) is 1. The maximum absolute atomic E-state index is 5.66. The van der Waals surface area contributed by atoms with E-state index in [1.54, 1.807) is 6.20 Å². The van der Waals surface area contributed by atoms with E-state index in [0.29, 0.717) is 11.7 Å². The van der Waals surface area contributed by atoms with Gasteiger partial charge in [-0.2, -0.15) is 5.10 Å². The Hall–Kier alpha value is -1.91. The van der Waals surface area contributed by atoms with Gasteiger partial charge in [-0.15, -0.1) is 0 Å². The van der Waals surface area contributed by atoms with E-state index in [9.17, 15) is 0 Å². The maximum atomic E-state index is 5.66. The molecule has 2 aromatic rings. The first-order chi connectivity index (χ1) is 7.74. The third-order valence-electron chi connectivity index (χ3n) is 2.76. The Bertz CT molecular complexity index is 527. The summed E-state index contributed by atoms with van der Waals surface area (Å²) >= 11 is 0. The fourth-order valence-corrected chi connectivity index (χ4v) is 1.76. The number of rotatable bonds is 2. The van der Waals surface area contributed by atoms with Crippen molar-refractivity contribution in [3.63, 3.8) is 0 Å². The Morgan fingerprint density at radius 3 is 2.94 bits per heavy atom. The van der Waals surface area contributed by atoms with Crippen LogP contribution in [0.25, 0.3) is 11.4 Å². The van der Waals surface area contributed by atoms with Crippen molar-refractivity contribution in [2.24, 2.45) is 7.05 Å². The molecule has 0 spiro atoms. The first kappa shape index (κ1) is 9.33. The highest BCUT2D eigenvalue weighted by atomic mass is 15.3. The van der Waals surface area contributed by atoms with E-state index in [2.05, 4.69) is 15.1 Å². The highest BCUT2D eigenvalue weighted by Gasteiger charge is 2.28. The van der Waals surface area contributed by atoms with Gasteiger partial charge in [0.15, 0.2) is 11.6 Å². The first-order valence-electron chi connectivity index (χ1n) is 5.37. The van der Waals surface area contributed by atoms with Gasteiger partial charge in [-0.3, -0.25) is 0 Å². The van der Waals surface area contributed by atoms with E-state index in [1.165, 1.54) is 12.8 Å². The molecule has 5 nitrogen and oxygen atoms in total. The number of anilines is 1. The van der Waals surface area contributed by atoms with Crippen molar-refractivity contribution < 1.29 is 0 Å². The molecular weight excluding hydrogens is 202 g/mol. The zero-order valence-corrected chi connectivity index (χ0v) is 9.09. The number of aromatic nitrogens is 4. The lowest BCUT2D eigenvalue weighted by Crippen LogP contribution is -1.96. The second-order valence-corrected chi connectivity index (χ2v) is 4.16. The smallest absolute Gasteiger partial charge is 0.158 e. The Balaban J connectivity index is 2.04. The second kappa shape index (κ2) is 3.30. The average Bonchev–Trinajstić information content (AvgIpc) is 3.02. The van der Waals surface area contributed by atoms with Gasteiger partial charge in [0.1, 0.15) is 5.82 Å². The monoisotopic (exact) mass is 215 g/mol. The van der Waals surface area contributed by atoms with Crippen LogP contribution in [0.5, 0.6) is 0 Å². The Morgan fingerprint density at radius 2 is 2.25 bits per heavy atom. The number of hydrogen-bond acceptors (Lipinski definition) is 4. The van der Waals surface area contributed by atoms with Crippen molar-refractivity contribution >= 4 is 5.82 Å². The van der Waals surface area contributed by atoms with E-state index in [1.807, 2.05) is 23.9 Å². The van der Waals surface area contributed by atoms with Crippen molar-refractivity contribution in [3.05, 3.63) is 24.2 Å². The van der Waals surface area contributed by atoms with Gasteiger partial charge in [0.2, 0.25) is 0 Å². The standard InChI is InChI=1S/C11H13N5/c1-16-11(8-4-5-13-9(12)6-8)14-10(15-16)7-2-3-7/h4-7H,2-3H2,1H3,(H2,12,13). The van der Waals surface area contributed by atoms with Gasteiger partial charge >= 0.3 is 0 Å². The molecule has 0 atom stereocenters. The summed E-state index contributed by atoms with van der Waals surface area (Å²) in [5.41, 5.74) is 6.62. The highest BCUT2D eigenvalue weighted by Crippen LogP contribution is 2.38. The van der Waals surface area contributed by atoms with Crippen LogP contribution in [0.1, 0.15) is 24.6 Å². The summed E-state index contributed by atoms with van der Waals surface area (Å²) < 4.78 is 1.81. The molecule has 0 aromatic carbocycles. The van der Waals surface area contributed by atoms with Crippen LogP contribution < -0.4 is 5.73 Å².